The molecule has 0 saturated carbocycles. The Kier molecular flexibility index (Phi) is 8.40. The zero-order chi connectivity index (χ0) is 24.9. The summed E-state index contributed by atoms with van der Waals surface area (Å²) in [5, 5.41) is 12.2. The molecule has 0 aromatic heterocycles. The van der Waals surface area contributed by atoms with Crippen molar-refractivity contribution < 1.29 is 28.1 Å². The van der Waals surface area contributed by atoms with Crippen molar-refractivity contribution in [3.05, 3.63) is 54.6 Å². The van der Waals surface area contributed by atoms with Gasteiger partial charge in [0, 0.05) is 12.6 Å². The van der Waals surface area contributed by atoms with Gasteiger partial charge < -0.3 is 15.2 Å². The predicted molar refractivity (Wildman–Crippen MR) is 137 cm³/mol. The number of ether oxygens (including phenoxy) is 1. The van der Waals surface area contributed by atoms with Crippen LogP contribution in [0.4, 0.5) is 15.8 Å². The Balaban J connectivity index is 2.20. The van der Waals surface area contributed by atoms with Gasteiger partial charge in [0.15, 0.2) is 0 Å². The van der Waals surface area contributed by atoms with Crippen LogP contribution in [0.2, 0.25) is 0 Å². The molecule has 0 aliphatic carbocycles. The van der Waals surface area contributed by atoms with Crippen LogP contribution in [-0.2, 0) is 4.79 Å². The van der Waals surface area contributed by atoms with Gasteiger partial charge in [-0.1, -0.05) is 55.7 Å². The zero-order valence-electron chi connectivity index (χ0n) is 19.5. The van der Waals surface area contributed by atoms with Crippen LogP contribution in [0.1, 0.15) is 39.5 Å². The Morgan fingerprint density at radius 3 is 2.59 bits per heavy atom. The van der Waals surface area contributed by atoms with E-state index in [1.54, 1.807) is 16.6 Å². The van der Waals surface area contributed by atoms with E-state index in [2.05, 4.69) is 12.2 Å². The molecule has 3 rings (SSSR count). The number of carboxylic acids is 1. The molecule has 0 radical (unpaired) electrons. The highest BCUT2D eigenvalue weighted by atomic mass is 32.3. The van der Waals surface area contributed by atoms with Gasteiger partial charge in [0.2, 0.25) is 5.83 Å². The SMILES string of the molecule is CCCCC1(CC)CNc2cc(SC)c(O/C=C(\F)C(=O)O)cc2S(O)(O)N1c1ccccc1. The number of fused-ring (bicyclic) bond motifs is 1. The molecule has 2 aromatic carbocycles. The number of benzene rings is 2. The van der Waals surface area contributed by atoms with Crippen molar-refractivity contribution in [2.24, 2.45) is 0 Å². The number of anilines is 2. The maximum atomic E-state index is 13.6. The first-order valence-corrected chi connectivity index (χ1v) is 13.8. The molecule has 7 nitrogen and oxygen atoms in total. The second-order valence-electron chi connectivity index (χ2n) is 8.07. The topological polar surface area (TPSA) is 102 Å². The molecule has 1 unspecified atom stereocenters. The number of halogens is 1. The van der Waals surface area contributed by atoms with E-state index in [0.29, 0.717) is 35.5 Å². The number of thioether (sulfide) groups is 1. The van der Waals surface area contributed by atoms with Crippen LogP contribution < -0.4 is 14.4 Å². The minimum atomic E-state index is -3.57. The molecule has 0 fully saturated rings. The monoisotopic (exact) mass is 510 g/mol. The average Bonchev–Trinajstić information content (AvgIpc) is 2.93. The third kappa shape index (κ3) is 5.14. The summed E-state index contributed by atoms with van der Waals surface area (Å²) in [4.78, 5) is 11.6. The normalized spacial score (nSPS) is 20.6. The van der Waals surface area contributed by atoms with Crippen molar-refractivity contribution in [3.63, 3.8) is 0 Å². The highest BCUT2D eigenvalue weighted by molar-refractivity contribution is 8.25. The number of unbranched alkanes of at least 4 members (excludes halogenated alkanes) is 1. The summed E-state index contributed by atoms with van der Waals surface area (Å²) in [5.74, 6) is -3.07. The fourth-order valence-corrected chi connectivity index (χ4v) is 6.82. The van der Waals surface area contributed by atoms with Crippen molar-refractivity contribution in [1.82, 2.24) is 0 Å². The van der Waals surface area contributed by atoms with Crippen LogP contribution in [0.25, 0.3) is 0 Å². The van der Waals surface area contributed by atoms with Crippen LogP contribution in [0.5, 0.6) is 5.75 Å². The third-order valence-corrected chi connectivity index (χ3v) is 8.79. The highest BCUT2D eigenvalue weighted by Gasteiger charge is 2.46. The molecule has 186 valence electrons. The van der Waals surface area contributed by atoms with Crippen molar-refractivity contribution in [3.8, 4) is 5.75 Å². The van der Waals surface area contributed by atoms with Gasteiger partial charge in [0.1, 0.15) is 16.9 Å². The van der Waals surface area contributed by atoms with Crippen molar-refractivity contribution in [2.45, 2.75) is 54.9 Å². The summed E-state index contributed by atoms with van der Waals surface area (Å²) in [7, 11) is -3.57. The third-order valence-electron chi connectivity index (χ3n) is 5.99. The summed E-state index contributed by atoms with van der Waals surface area (Å²) >= 11 is 1.32. The van der Waals surface area contributed by atoms with Gasteiger partial charge in [0.25, 0.3) is 0 Å². The van der Waals surface area contributed by atoms with Crippen LogP contribution in [-0.4, -0.2) is 38.5 Å². The maximum absolute atomic E-state index is 13.6. The number of para-hydroxylation sites is 1. The lowest BCUT2D eigenvalue weighted by Gasteiger charge is -2.53. The molecule has 1 aliphatic rings. The number of carbonyl (C=O) groups is 1. The fraction of sp³-hybridized carbons (Fsp3) is 0.375. The van der Waals surface area contributed by atoms with Gasteiger partial charge in [-0.15, -0.1) is 11.8 Å². The van der Waals surface area contributed by atoms with Gasteiger partial charge in [-0.3, -0.25) is 13.4 Å². The molecule has 0 amide bonds. The molecule has 1 aliphatic heterocycles. The smallest absolute Gasteiger partial charge is 0.368 e. The van der Waals surface area contributed by atoms with Crippen molar-refractivity contribution in [1.29, 1.82) is 0 Å². The second kappa shape index (κ2) is 10.9. The van der Waals surface area contributed by atoms with Gasteiger partial charge in [-0.05, 0) is 37.3 Å². The molecule has 1 atom stereocenters. The Morgan fingerprint density at radius 2 is 2.00 bits per heavy atom. The number of aliphatic carboxylic acids is 1. The molecule has 10 heteroatoms. The number of carboxylic acid groups (broad SMARTS) is 1. The summed E-state index contributed by atoms with van der Waals surface area (Å²) in [6.07, 6.45) is 5.60. The quantitative estimate of drug-likeness (QED) is 0.163. The van der Waals surface area contributed by atoms with Crippen LogP contribution in [0, 0.1) is 0 Å². The summed E-state index contributed by atoms with van der Waals surface area (Å²) in [5.41, 5.74) is 0.654. The van der Waals surface area contributed by atoms with Crippen LogP contribution >= 0.6 is 22.5 Å². The van der Waals surface area contributed by atoms with Crippen molar-refractivity contribution >= 4 is 39.9 Å². The molecule has 34 heavy (non-hydrogen) atoms. The van der Waals surface area contributed by atoms with Gasteiger partial charge in [-0.25, -0.2) is 4.79 Å². The molecule has 4 N–H and O–H groups in total. The number of hydrogen-bond donors (Lipinski definition) is 4. The average molecular weight is 511 g/mol. The minimum Gasteiger partial charge on any atom is -0.476 e. The van der Waals surface area contributed by atoms with E-state index in [0.717, 1.165) is 19.3 Å². The Bertz CT molecular complexity index is 1050. The lowest BCUT2D eigenvalue weighted by Crippen LogP contribution is -2.53. The molecule has 0 spiro atoms. The molecule has 0 bridgehead atoms. The Hall–Kier alpha value is -2.40. The number of hydrogen-bond acceptors (Lipinski definition) is 7. The van der Waals surface area contributed by atoms with E-state index in [1.807, 2.05) is 37.3 Å². The number of nitrogens with zero attached hydrogens (tertiary/aromatic N) is 1. The maximum Gasteiger partial charge on any atom is 0.368 e. The first kappa shape index (κ1) is 26.2. The molecular formula is C24H31FN2O5S2. The number of nitrogens with one attached hydrogen (secondary N) is 1. The largest absolute Gasteiger partial charge is 0.476 e. The summed E-state index contributed by atoms with van der Waals surface area (Å²) in [6, 6.07) is 12.5. The first-order valence-electron chi connectivity index (χ1n) is 11.1. The molecular weight excluding hydrogens is 479 g/mol. The molecule has 0 saturated heterocycles. The molecule has 2 aromatic rings. The van der Waals surface area contributed by atoms with Gasteiger partial charge >= 0.3 is 5.97 Å². The van der Waals surface area contributed by atoms with Crippen LogP contribution in [0.3, 0.4) is 0 Å². The van der Waals surface area contributed by atoms with E-state index < -0.39 is 28.1 Å². The number of rotatable bonds is 9. The summed E-state index contributed by atoms with van der Waals surface area (Å²) < 4.78 is 44.3. The van der Waals surface area contributed by atoms with E-state index >= 15 is 0 Å². The minimum absolute atomic E-state index is 0.134. The lowest BCUT2D eigenvalue weighted by atomic mass is 9.88. The van der Waals surface area contributed by atoms with E-state index in [9.17, 15) is 18.3 Å². The zero-order valence-corrected chi connectivity index (χ0v) is 21.1. The first-order chi connectivity index (χ1) is 16.2. The Labute approximate surface area is 205 Å². The highest BCUT2D eigenvalue weighted by Crippen LogP contribution is 2.63. The molecule has 1 heterocycles. The second-order valence-corrected chi connectivity index (χ2v) is 10.8. The Morgan fingerprint density at radius 1 is 1.29 bits per heavy atom. The van der Waals surface area contributed by atoms with Crippen LogP contribution in [0.15, 0.2) is 64.3 Å². The van der Waals surface area contributed by atoms with Gasteiger partial charge in [0.05, 0.1) is 21.8 Å². The van der Waals surface area contributed by atoms with Crippen molar-refractivity contribution in [2.75, 3.05) is 22.4 Å². The van der Waals surface area contributed by atoms with E-state index in [4.69, 9.17) is 9.84 Å². The standard InChI is InChI=1S/C24H31FN2O5S2/c1-4-6-12-24(5-2)16-26-19-13-21(33-3)20(32-15-18(25)23(28)29)14-22(19)34(30,31)27(24)17-10-8-7-9-11-17/h7-11,13-15,26,30-31H,4-6,12,16H2,1-3H3,(H,28,29)/b18-15-. The summed E-state index contributed by atoms with van der Waals surface area (Å²) in [6.45, 7) is 4.63. The fourth-order valence-electron chi connectivity index (χ4n) is 4.15. The van der Waals surface area contributed by atoms with E-state index in [1.165, 1.54) is 17.8 Å². The predicted octanol–water partition coefficient (Wildman–Crippen LogP) is 6.98. The van der Waals surface area contributed by atoms with Gasteiger partial charge in [-0.2, -0.15) is 4.39 Å². The lowest BCUT2D eigenvalue weighted by molar-refractivity contribution is -0.134. The van der Waals surface area contributed by atoms with E-state index in [-0.39, 0.29) is 10.6 Å².